The van der Waals surface area contributed by atoms with Crippen LogP contribution in [0.25, 0.3) is 10.1 Å². The van der Waals surface area contributed by atoms with Crippen molar-refractivity contribution in [1.82, 2.24) is 9.55 Å². The van der Waals surface area contributed by atoms with Gasteiger partial charge in [0.05, 0.1) is 30.2 Å². The maximum atomic E-state index is 13.2. The maximum absolute atomic E-state index is 13.2. The zero-order valence-electron chi connectivity index (χ0n) is 18.9. The van der Waals surface area contributed by atoms with Gasteiger partial charge in [-0.1, -0.05) is 26.0 Å². The highest BCUT2D eigenvalue weighted by molar-refractivity contribution is 7.20. The van der Waals surface area contributed by atoms with E-state index in [4.69, 9.17) is 5.26 Å². The first kappa shape index (κ1) is 23.2. The van der Waals surface area contributed by atoms with E-state index >= 15 is 0 Å². The Morgan fingerprint density at radius 3 is 2.62 bits per heavy atom. The minimum absolute atomic E-state index is 0.00541. The number of fused-ring (bicyclic) bond motifs is 1. The predicted octanol–water partition coefficient (Wildman–Crippen LogP) is 5.30. The first-order valence-corrected chi connectivity index (χ1v) is 11.7. The van der Waals surface area contributed by atoms with Crippen molar-refractivity contribution in [3.05, 3.63) is 82.8 Å². The molecule has 0 aliphatic rings. The average Bonchev–Trinajstić information content (AvgIpc) is 3.43. The van der Waals surface area contributed by atoms with Crippen molar-refractivity contribution in [2.75, 3.05) is 4.90 Å². The van der Waals surface area contributed by atoms with Gasteiger partial charge in [0, 0.05) is 29.5 Å². The summed E-state index contributed by atoms with van der Waals surface area (Å²) in [5, 5.41) is 19.1. The lowest BCUT2D eigenvalue weighted by Gasteiger charge is -2.24. The number of amides is 1. The molecule has 0 unspecified atom stereocenters. The summed E-state index contributed by atoms with van der Waals surface area (Å²) in [4.78, 5) is 30.9. The molecule has 0 aliphatic heterocycles. The fourth-order valence-electron chi connectivity index (χ4n) is 3.75. The standard InChI is InChI=1S/C26H24N4O3S/c1-17(2)9-25(31)30(21-7-8-23-20(10-21)11-24(34-23)26(32)33)15-22-13-28-16-29(22)14-19-5-3-18(12-27)4-6-19/h3-8,10-11,13,16-17H,9,14-15H2,1-2H3,(H,32,33). The van der Waals surface area contributed by atoms with E-state index in [0.29, 0.717) is 25.1 Å². The molecule has 0 bridgehead atoms. The van der Waals surface area contributed by atoms with Gasteiger partial charge in [0.2, 0.25) is 5.91 Å². The number of thiophene rings is 1. The number of hydrogen-bond donors (Lipinski definition) is 1. The molecule has 0 atom stereocenters. The Balaban J connectivity index is 1.64. The Labute approximate surface area is 201 Å². The third kappa shape index (κ3) is 5.16. The lowest BCUT2D eigenvalue weighted by molar-refractivity contribution is -0.119. The molecule has 0 saturated carbocycles. The molecule has 34 heavy (non-hydrogen) atoms. The predicted molar refractivity (Wildman–Crippen MR) is 132 cm³/mol. The van der Waals surface area contributed by atoms with Gasteiger partial charge in [-0.25, -0.2) is 9.78 Å². The molecule has 0 spiro atoms. The van der Waals surface area contributed by atoms with Crippen LogP contribution in [-0.2, 0) is 17.9 Å². The van der Waals surface area contributed by atoms with Crippen LogP contribution in [0, 0.1) is 17.2 Å². The van der Waals surface area contributed by atoms with Crippen molar-refractivity contribution in [3.8, 4) is 6.07 Å². The quantitative estimate of drug-likeness (QED) is 0.375. The van der Waals surface area contributed by atoms with Crippen LogP contribution in [0.2, 0.25) is 0 Å². The van der Waals surface area contributed by atoms with E-state index in [-0.39, 0.29) is 16.7 Å². The van der Waals surface area contributed by atoms with Gasteiger partial charge in [-0.3, -0.25) is 4.79 Å². The number of carbonyl (C=O) groups excluding carboxylic acids is 1. The van der Waals surface area contributed by atoms with Crippen molar-refractivity contribution in [1.29, 1.82) is 5.26 Å². The molecule has 0 aliphatic carbocycles. The fourth-order valence-corrected chi connectivity index (χ4v) is 4.63. The van der Waals surface area contributed by atoms with Gasteiger partial charge in [0.1, 0.15) is 4.88 Å². The average molecular weight is 473 g/mol. The summed E-state index contributed by atoms with van der Waals surface area (Å²) in [7, 11) is 0. The van der Waals surface area contributed by atoms with Gasteiger partial charge in [-0.2, -0.15) is 5.26 Å². The highest BCUT2D eigenvalue weighted by Crippen LogP contribution is 2.31. The van der Waals surface area contributed by atoms with E-state index in [1.165, 1.54) is 11.3 Å². The molecule has 2 heterocycles. The molecule has 172 valence electrons. The molecule has 0 radical (unpaired) electrons. The number of aromatic nitrogens is 2. The highest BCUT2D eigenvalue weighted by atomic mass is 32.1. The maximum Gasteiger partial charge on any atom is 0.345 e. The number of hydrogen-bond acceptors (Lipinski definition) is 5. The van der Waals surface area contributed by atoms with Gasteiger partial charge in [-0.05, 0) is 53.3 Å². The molecule has 0 fully saturated rings. The molecular weight excluding hydrogens is 448 g/mol. The van der Waals surface area contributed by atoms with E-state index in [1.54, 1.807) is 35.6 Å². The lowest BCUT2D eigenvalue weighted by atomic mass is 10.1. The van der Waals surface area contributed by atoms with Crippen LogP contribution < -0.4 is 4.90 Å². The van der Waals surface area contributed by atoms with Crippen molar-refractivity contribution < 1.29 is 14.7 Å². The number of carboxylic acid groups (broad SMARTS) is 1. The number of anilines is 1. The topological polar surface area (TPSA) is 99.2 Å². The Kier molecular flexibility index (Phi) is 6.75. The summed E-state index contributed by atoms with van der Waals surface area (Å²) in [6.07, 6.45) is 3.89. The van der Waals surface area contributed by atoms with Gasteiger partial charge < -0.3 is 14.6 Å². The number of aromatic carboxylic acids is 1. The summed E-state index contributed by atoms with van der Waals surface area (Å²) in [6.45, 7) is 4.92. The second-order valence-electron chi connectivity index (χ2n) is 8.54. The summed E-state index contributed by atoms with van der Waals surface area (Å²) in [6, 6.07) is 16.8. The SMILES string of the molecule is CC(C)CC(=O)N(Cc1cncn1Cc1ccc(C#N)cc1)c1ccc2sc(C(=O)O)cc2c1. The number of rotatable bonds is 8. The second-order valence-corrected chi connectivity index (χ2v) is 9.62. The van der Waals surface area contributed by atoms with Crippen molar-refractivity contribution in [2.45, 2.75) is 33.4 Å². The van der Waals surface area contributed by atoms with Gasteiger partial charge in [0.25, 0.3) is 0 Å². The third-order valence-electron chi connectivity index (χ3n) is 5.46. The Bertz CT molecular complexity index is 1380. The van der Waals surface area contributed by atoms with Gasteiger partial charge >= 0.3 is 5.97 Å². The second kappa shape index (κ2) is 9.89. The zero-order chi connectivity index (χ0) is 24.2. The normalized spacial score (nSPS) is 11.0. The lowest BCUT2D eigenvalue weighted by Crippen LogP contribution is -2.32. The van der Waals surface area contributed by atoms with E-state index in [2.05, 4.69) is 11.1 Å². The first-order valence-electron chi connectivity index (χ1n) is 10.9. The number of nitrogens with zero attached hydrogens (tertiary/aromatic N) is 4. The van der Waals surface area contributed by atoms with Crippen molar-refractivity contribution >= 4 is 39.0 Å². The van der Waals surface area contributed by atoms with Gasteiger partial charge in [-0.15, -0.1) is 11.3 Å². The van der Waals surface area contributed by atoms with Crippen LogP contribution in [0.15, 0.2) is 61.1 Å². The minimum atomic E-state index is -0.956. The molecule has 8 heteroatoms. The fraction of sp³-hybridized carbons (Fsp3) is 0.231. The first-order chi connectivity index (χ1) is 16.3. The Morgan fingerprint density at radius 2 is 1.94 bits per heavy atom. The number of benzene rings is 2. The number of carbonyl (C=O) groups is 2. The van der Waals surface area contributed by atoms with Crippen molar-refractivity contribution in [2.24, 2.45) is 5.92 Å². The van der Waals surface area contributed by atoms with Crippen molar-refractivity contribution in [3.63, 3.8) is 0 Å². The molecule has 7 nitrogen and oxygen atoms in total. The van der Waals surface area contributed by atoms with Crippen LogP contribution in [0.5, 0.6) is 0 Å². The molecule has 4 rings (SSSR count). The van der Waals surface area contributed by atoms with Crippen LogP contribution >= 0.6 is 11.3 Å². The molecule has 2 aromatic heterocycles. The molecule has 2 aromatic carbocycles. The molecular formula is C26H24N4O3S. The van der Waals surface area contributed by atoms with Crippen LogP contribution in [0.1, 0.15) is 46.8 Å². The van der Waals surface area contributed by atoms with Crippen LogP contribution in [-0.4, -0.2) is 26.5 Å². The summed E-state index contributed by atoms with van der Waals surface area (Å²) < 4.78 is 2.85. The molecule has 1 amide bonds. The third-order valence-corrected chi connectivity index (χ3v) is 6.56. The van der Waals surface area contributed by atoms with E-state index in [0.717, 1.165) is 27.0 Å². The largest absolute Gasteiger partial charge is 0.477 e. The molecule has 1 N–H and O–H groups in total. The smallest absolute Gasteiger partial charge is 0.345 e. The van der Waals surface area contributed by atoms with E-state index in [1.807, 2.05) is 48.7 Å². The van der Waals surface area contributed by atoms with E-state index < -0.39 is 5.97 Å². The summed E-state index contributed by atoms with van der Waals surface area (Å²) in [5.41, 5.74) is 3.23. The number of carboxylic acids is 1. The number of nitriles is 1. The van der Waals surface area contributed by atoms with E-state index in [9.17, 15) is 14.7 Å². The summed E-state index contributed by atoms with van der Waals surface area (Å²) >= 11 is 1.22. The molecule has 4 aromatic rings. The molecule has 0 saturated heterocycles. The highest BCUT2D eigenvalue weighted by Gasteiger charge is 2.20. The minimum Gasteiger partial charge on any atom is -0.477 e. The van der Waals surface area contributed by atoms with Gasteiger partial charge in [0.15, 0.2) is 0 Å². The monoisotopic (exact) mass is 472 g/mol. The summed E-state index contributed by atoms with van der Waals surface area (Å²) in [5.74, 6) is -0.765. The zero-order valence-corrected chi connectivity index (χ0v) is 19.7. The number of imidazole rings is 1. The Morgan fingerprint density at radius 1 is 1.18 bits per heavy atom. The Hall–Kier alpha value is -3.96. The van der Waals surface area contributed by atoms with Crippen LogP contribution in [0.3, 0.4) is 0 Å². The van der Waals surface area contributed by atoms with Crippen LogP contribution in [0.4, 0.5) is 5.69 Å².